The first-order valence-electron chi connectivity index (χ1n) is 9.17. The van der Waals surface area contributed by atoms with E-state index in [9.17, 15) is 14.0 Å². The van der Waals surface area contributed by atoms with Crippen LogP contribution in [-0.2, 0) is 16.0 Å². The molecule has 0 spiro atoms. The van der Waals surface area contributed by atoms with Crippen molar-refractivity contribution < 1.29 is 23.5 Å². The lowest BCUT2D eigenvalue weighted by Gasteiger charge is -2.21. The predicted octanol–water partition coefficient (Wildman–Crippen LogP) is 3.21. The van der Waals surface area contributed by atoms with Crippen molar-refractivity contribution in [2.45, 2.75) is 12.8 Å². The third kappa shape index (κ3) is 4.62. The molecule has 1 saturated heterocycles. The number of amides is 2. The average Bonchev–Trinajstić information content (AvgIpc) is 3.10. The molecule has 1 N–H and O–H groups in total. The maximum Gasteiger partial charge on any atom is 0.227 e. The molecule has 0 aliphatic carbocycles. The van der Waals surface area contributed by atoms with E-state index in [-0.39, 0.29) is 30.6 Å². The molecule has 0 unspecified atom stereocenters. The highest BCUT2D eigenvalue weighted by Gasteiger charge is 2.36. The highest BCUT2D eigenvalue weighted by atomic mass is 35.5. The van der Waals surface area contributed by atoms with Crippen molar-refractivity contribution in [2.75, 3.05) is 32.2 Å². The van der Waals surface area contributed by atoms with Crippen LogP contribution < -0.4 is 19.7 Å². The number of anilines is 1. The number of hydrogen-bond donors (Lipinski definition) is 1. The van der Waals surface area contributed by atoms with E-state index in [2.05, 4.69) is 5.32 Å². The van der Waals surface area contributed by atoms with Crippen LogP contribution in [0.15, 0.2) is 36.4 Å². The van der Waals surface area contributed by atoms with E-state index in [1.165, 1.54) is 25.2 Å². The van der Waals surface area contributed by atoms with Gasteiger partial charge in [0, 0.05) is 25.6 Å². The van der Waals surface area contributed by atoms with Gasteiger partial charge in [-0.25, -0.2) is 4.39 Å². The standard InChI is InChI=1S/C21H22ClFN2O4/c1-28-18-11-19(29-2)17(10-15(18)22)25-12-14(9-20(25)26)21(27)24-8-7-13-5-3-4-6-16(13)23/h3-6,10-11,14H,7-9,12H2,1-2H3,(H,24,27)/t14-/m0/s1. The summed E-state index contributed by atoms with van der Waals surface area (Å²) in [5.41, 5.74) is 1.03. The number of hydrogen-bond acceptors (Lipinski definition) is 4. The number of nitrogens with one attached hydrogen (secondary N) is 1. The Bertz CT molecular complexity index is 922. The second kappa shape index (κ2) is 9.13. The Morgan fingerprint density at radius 2 is 1.97 bits per heavy atom. The largest absolute Gasteiger partial charge is 0.495 e. The van der Waals surface area contributed by atoms with E-state index in [0.717, 1.165) is 0 Å². The van der Waals surface area contributed by atoms with Gasteiger partial charge in [-0.05, 0) is 24.1 Å². The molecule has 1 aliphatic heterocycles. The van der Waals surface area contributed by atoms with Gasteiger partial charge >= 0.3 is 0 Å². The van der Waals surface area contributed by atoms with Crippen molar-refractivity contribution in [2.24, 2.45) is 5.92 Å². The quantitative estimate of drug-likeness (QED) is 0.746. The van der Waals surface area contributed by atoms with Gasteiger partial charge in [-0.3, -0.25) is 9.59 Å². The molecule has 0 radical (unpaired) electrons. The zero-order chi connectivity index (χ0) is 21.0. The van der Waals surface area contributed by atoms with Crippen molar-refractivity contribution in [3.8, 4) is 11.5 Å². The van der Waals surface area contributed by atoms with E-state index < -0.39 is 5.92 Å². The molecule has 0 bridgehead atoms. The van der Waals surface area contributed by atoms with Crippen LogP contribution in [0.5, 0.6) is 11.5 Å². The molecule has 3 rings (SSSR count). The first kappa shape index (κ1) is 20.9. The number of nitrogens with zero attached hydrogens (tertiary/aromatic N) is 1. The monoisotopic (exact) mass is 420 g/mol. The summed E-state index contributed by atoms with van der Waals surface area (Å²) in [6, 6.07) is 9.64. The predicted molar refractivity (Wildman–Crippen MR) is 108 cm³/mol. The molecule has 29 heavy (non-hydrogen) atoms. The van der Waals surface area contributed by atoms with E-state index in [1.54, 1.807) is 30.3 Å². The minimum absolute atomic E-state index is 0.0817. The molecule has 1 aliphatic rings. The summed E-state index contributed by atoms with van der Waals surface area (Å²) < 4.78 is 24.2. The fraction of sp³-hybridized carbons (Fsp3) is 0.333. The van der Waals surface area contributed by atoms with Gasteiger partial charge in [-0.2, -0.15) is 0 Å². The second-order valence-corrected chi connectivity index (χ2v) is 7.10. The third-order valence-corrected chi connectivity index (χ3v) is 5.19. The zero-order valence-corrected chi connectivity index (χ0v) is 17.0. The van der Waals surface area contributed by atoms with Crippen LogP contribution in [0.3, 0.4) is 0 Å². The average molecular weight is 421 g/mol. The lowest BCUT2D eigenvalue weighted by Crippen LogP contribution is -2.34. The molecule has 1 atom stereocenters. The van der Waals surface area contributed by atoms with Gasteiger partial charge in [0.15, 0.2) is 0 Å². The topological polar surface area (TPSA) is 67.9 Å². The Labute approximate surface area is 173 Å². The number of carbonyl (C=O) groups is 2. The highest BCUT2D eigenvalue weighted by Crippen LogP contribution is 2.40. The van der Waals surface area contributed by atoms with Crippen LogP contribution in [0.25, 0.3) is 0 Å². The summed E-state index contributed by atoms with van der Waals surface area (Å²) in [5.74, 6) is -0.378. The maximum atomic E-state index is 13.7. The van der Waals surface area contributed by atoms with Crippen LogP contribution in [0.1, 0.15) is 12.0 Å². The molecule has 1 fully saturated rings. The lowest BCUT2D eigenvalue weighted by atomic mass is 10.1. The number of carbonyl (C=O) groups excluding carboxylic acids is 2. The van der Waals surface area contributed by atoms with E-state index in [1.807, 2.05) is 0 Å². The molecule has 0 saturated carbocycles. The minimum Gasteiger partial charge on any atom is -0.495 e. The van der Waals surface area contributed by atoms with Crippen molar-refractivity contribution in [1.29, 1.82) is 0 Å². The smallest absolute Gasteiger partial charge is 0.227 e. The molecule has 2 amide bonds. The first-order valence-corrected chi connectivity index (χ1v) is 9.55. The number of methoxy groups -OCH3 is 2. The van der Waals surface area contributed by atoms with Crippen LogP contribution in [0.4, 0.5) is 10.1 Å². The molecular weight excluding hydrogens is 399 g/mol. The van der Waals surface area contributed by atoms with Gasteiger partial charge in [-0.15, -0.1) is 0 Å². The summed E-state index contributed by atoms with van der Waals surface area (Å²) in [6.07, 6.45) is 0.461. The molecule has 154 valence electrons. The van der Waals surface area contributed by atoms with Crippen molar-refractivity contribution in [3.05, 3.63) is 52.8 Å². The van der Waals surface area contributed by atoms with Crippen LogP contribution >= 0.6 is 11.6 Å². The van der Waals surface area contributed by atoms with Crippen molar-refractivity contribution >= 4 is 29.1 Å². The van der Waals surface area contributed by atoms with Crippen LogP contribution in [0, 0.1) is 11.7 Å². The molecule has 2 aromatic carbocycles. The molecule has 6 nitrogen and oxygen atoms in total. The van der Waals surface area contributed by atoms with E-state index in [0.29, 0.717) is 40.7 Å². The lowest BCUT2D eigenvalue weighted by molar-refractivity contribution is -0.126. The normalized spacial score (nSPS) is 16.1. The summed E-state index contributed by atoms with van der Waals surface area (Å²) in [7, 11) is 2.97. The Kier molecular flexibility index (Phi) is 6.59. The molecule has 8 heteroatoms. The number of rotatable bonds is 7. The van der Waals surface area contributed by atoms with Crippen LogP contribution in [0.2, 0.25) is 5.02 Å². The van der Waals surface area contributed by atoms with Gasteiger partial charge in [0.05, 0.1) is 30.8 Å². The summed E-state index contributed by atoms with van der Waals surface area (Å²) >= 11 is 6.19. The van der Waals surface area contributed by atoms with Gasteiger partial charge < -0.3 is 19.7 Å². The Hall–Kier alpha value is -2.80. The van der Waals surface area contributed by atoms with Gasteiger partial charge in [0.25, 0.3) is 0 Å². The Balaban J connectivity index is 1.65. The molecule has 0 aromatic heterocycles. The number of halogens is 2. The number of benzene rings is 2. The molecule has 1 heterocycles. The van der Waals surface area contributed by atoms with Gasteiger partial charge in [-0.1, -0.05) is 29.8 Å². The van der Waals surface area contributed by atoms with Crippen LogP contribution in [-0.4, -0.2) is 39.1 Å². The van der Waals surface area contributed by atoms with E-state index in [4.69, 9.17) is 21.1 Å². The van der Waals surface area contributed by atoms with E-state index >= 15 is 0 Å². The van der Waals surface area contributed by atoms with Crippen molar-refractivity contribution in [3.63, 3.8) is 0 Å². The summed E-state index contributed by atoms with van der Waals surface area (Å²) in [5, 5.41) is 3.13. The maximum absolute atomic E-state index is 13.7. The van der Waals surface area contributed by atoms with Crippen molar-refractivity contribution in [1.82, 2.24) is 5.32 Å². The van der Waals surface area contributed by atoms with Gasteiger partial charge in [0.1, 0.15) is 17.3 Å². The minimum atomic E-state index is -0.506. The SMILES string of the molecule is COc1cc(OC)c(N2C[C@@H](C(=O)NCCc3ccccc3F)CC2=O)cc1Cl. The third-order valence-electron chi connectivity index (χ3n) is 4.89. The Morgan fingerprint density at radius 1 is 1.24 bits per heavy atom. The molecular formula is C21H22ClFN2O4. The highest BCUT2D eigenvalue weighted by molar-refractivity contribution is 6.32. The fourth-order valence-electron chi connectivity index (χ4n) is 3.34. The Morgan fingerprint density at radius 3 is 2.66 bits per heavy atom. The zero-order valence-electron chi connectivity index (χ0n) is 16.2. The summed E-state index contributed by atoms with van der Waals surface area (Å²) in [4.78, 5) is 26.5. The van der Waals surface area contributed by atoms with Gasteiger partial charge in [0.2, 0.25) is 11.8 Å². The molecule has 2 aromatic rings. The summed E-state index contributed by atoms with van der Waals surface area (Å²) in [6.45, 7) is 0.505. The second-order valence-electron chi connectivity index (χ2n) is 6.70. The fourth-order valence-corrected chi connectivity index (χ4v) is 3.57. The number of ether oxygens (including phenoxy) is 2. The first-order chi connectivity index (χ1) is 13.9.